The minimum Gasteiger partial charge on any atom is -0.355 e. The Labute approximate surface area is 157 Å². The predicted molar refractivity (Wildman–Crippen MR) is 102 cm³/mol. The number of hydrogen-bond acceptors (Lipinski definition) is 5. The molecule has 138 valence electrons. The van der Waals surface area contributed by atoms with Crippen LogP contribution in [0.1, 0.15) is 34.4 Å². The Morgan fingerprint density at radius 2 is 2.08 bits per heavy atom. The molecule has 2 heterocycles. The zero-order valence-corrected chi connectivity index (χ0v) is 15.9. The first-order valence-corrected chi connectivity index (χ1v) is 9.73. The molecule has 3 rings (SSSR count). The number of rotatable bonds is 6. The van der Waals surface area contributed by atoms with E-state index >= 15 is 0 Å². The number of aryl methyl sites for hydroxylation is 1. The molecule has 2 amide bonds. The van der Waals surface area contributed by atoms with E-state index in [0.717, 1.165) is 10.6 Å². The van der Waals surface area contributed by atoms with Crippen molar-refractivity contribution in [3.05, 3.63) is 52.0 Å². The van der Waals surface area contributed by atoms with Crippen molar-refractivity contribution in [1.82, 2.24) is 20.5 Å². The molecule has 1 aliphatic rings. The van der Waals surface area contributed by atoms with Gasteiger partial charge in [0, 0.05) is 31.1 Å². The molecule has 0 saturated carbocycles. The van der Waals surface area contributed by atoms with Crippen molar-refractivity contribution in [3.63, 3.8) is 0 Å². The van der Waals surface area contributed by atoms with Crippen LogP contribution < -0.4 is 10.6 Å². The highest BCUT2D eigenvalue weighted by Gasteiger charge is 2.37. The summed E-state index contributed by atoms with van der Waals surface area (Å²) >= 11 is 1.46. The normalized spacial score (nSPS) is 20.1. The monoisotopic (exact) mass is 372 g/mol. The molecule has 0 bridgehead atoms. The Kier molecular flexibility index (Phi) is 6.00. The van der Waals surface area contributed by atoms with Crippen LogP contribution >= 0.6 is 11.3 Å². The van der Waals surface area contributed by atoms with Crippen LogP contribution in [-0.2, 0) is 11.3 Å². The number of likely N-dealkylation sites (N-methyl/N-ethyl adjacent to an activating group) is 1. The Balaban J connectivity index is 1.68. The van der Waals surface area contributed by atoms with Crippen molar-refractivity contribution in [1.29, 1.82) is 0 Å². The summed E-state index contributed by atoms with van der Waals surface area (Å²) < 4.78 is 0. The fourth-order valence-corrected chi connectivity index (χ4v) is 3.89. The molecule has 1 aliphatic heterocycles. The van der Waals surface area contributed by atoms with Crippen LogP contribution in [0.3, 0.4) is 0 Å². The van der Waals surface area contributed by atoms with Crippen molar-refractivity contribution < 1.29 is 9.59 Å². The topological polar surface area (TPSA) is 74.3 Å². The summed E-state index contributed by atoms with van der Waals surface area (Å²) in [6.07, 6.45) is 0.605. The molecule has 1 fully saturated rings. The first kappa shape index (κ1) is 18.5. The molecule has 2 aromatic rings. The fourth-order valence-electron chi connectivity index (χ4n) is 3.29. The Morgan fingerprint density at radius 3 is 2.73 bits per heavy atom. The second kappa shape index (κ2) is 8.42. The quantitative estimate of drug-likeness (QED) is 0.813. The van der Waals surface area contributed by atoms with Crippen molar-refractivity contribution in [2.24, 2.45) is 0 Å². The Hall–Kier alpha value is -2.25. The molecule has 0 radical (unpaired) electrons. The molecule has 0 spiro atoms. The lowest BCUT2D eigenvalue weighted by atomic mass is 10.1. The predicted octanol–water partition coefficient (Wildman–Crippen LogP) is 1.96. The highest BCUT2D eigenvalue weighted by molar-refractivity contribution is 7.09. The fraction of sp³-hybridized carbons (Fsp3) is 0.421. The molecule has 0 aliphatic carbocycles. The van der Waals surface area contributed by atoms with E-state index in [1.807, 2.05) is 32.0 Å². The molecule has 1 aromatic heterocycles. The number of hydrogen-bond donors (Lipinski definition) is 2. The van der Waals surface area contributed by atoms with Gasteiger partial charge >= 0.3 is 0 Å². The molecule has 1 saturated heterocycles. The van der Waals surface area contributed by atoms with E-state index in [4.69, 9.17) is 0 Å². The molecule has 0 unspecified atom stereocenters. The van der Waals surface area contributed by atoms with Crippen LogP contribution in [0, 0.1) is 6.92 Å². The van der Waals surface area contributed by atoms with Crippen LogP contribution in [0.2, 0.25) is 0 Å². The maximum atomic E-state index is 12.5. The van der Waals surface area contributed by atoms with Gasteiger partial charge in [0.05, 0.1) is 11.0 Å². The van der Waals surface area contributed by atoms with E-state index in [1.165, 1.54) is 11.3 Å². The summed E-state index contributed by atoms with van der Waals surface area (Å²) in [4.78, 5) is 31.2. The summed E-state index contributed by atoms with van der Waals surface area (Å²) in [6, 6.07) is 9.77. The number of nitrogens with zero attached hydrogens (tertiary/aromatic N) is 2. The average molecular weight is 372 g/mol. The molecule has 26 heavy (non-hydrogen) atoms. The molecule has 7 heteroatoms. The van der Waals surface area contributed by atoms with Gasteiger partial charge in [0.1, 0.15) is 5.69 Å². The van der Waals surface area contributed by atoms with Gasteiger partial charge in [-0.05, 0) is 25.8 Å². The van der Waals surface area contributed by atoms with Crippen LogP contribution in [0.15, 0.2) is 35.7 Å². The van der Waals surface area contributed by atoms with Gasteiger partial charge in [-0.15, -0.1) is 11.3 Å². The zero-order valence-electron chi connectivity index (χ0n) is 15.1. The van der Waals surface area contributed by atoms with Crippen LogP contribution in [0.4, 0.5) is 0 Å². The summed E-state index contributed by atoms with van der Waals surface area (Å²) in [6.45, 7) is 5.72. The largest absolute Gasteiger partial charge is 0.355 e. The van der Waals surface area contributed by atoms with E-state index in [1.54, 1.807) is 5.38 Å². The van der Waals surface area contributed by atoms with Gasteiger partial charge in [-0.25, -0.2) is 4.98 Å². The standard InChI is InChI=1S/C19H24N4O2S/c1-3-20-19(25)17-9-15(22-18(24)16-12-26-13(2)21-16)11-23(17)10-14-7-5-4-6-8-14/h4-8,12,15,17H,3,9-11H2,1-2H3,(H,20,25)(H,22,24)/t15-,17-/m0/s1. The number of aromatic nitrogens is 1. The van der Waals surface area contributed by atoms with Gasteiger partial charge < -0.3 is 10.6 Å². The average Bonchev–Trinajstić information content (AvgIpc) is 3.22. The van der Waals surface area contributed by atoms with E-state index in [0.29, 0.717) is 31.7 Å². The highest BCUT2D eigenvalue weighted by Crippen LogP contribution is 2.21. The summed E-state index contributed by atoms with van der Waals surface area (Å²) in [5.74, 6) is -0.153. The van der Waals surface area contributed by atoms with E-state index in [2.05, 4.69) is 32.7 Å². The minimum atomic E-state index is -0.238. The maximum absolute atomic E-state index is 12.5. The van der Waals surface area contributed by atoms with Gasteiger partial charge in [0.15, 0.2) is 0 Å². The molecular weight excluding hydrogens is 348 g/mol. The van der Waals surface area contributed by atoms with Crippen molar-refractivity contribution >= 4 is 23.2 Å². The Morgan fingerprint density at radius 1 is 1.31 bits per heavy atom. The van der Waals surface area contributed by atoms with Gasteiger partial charge in [-0.2, -0.15) is 0 Å². The van der Waals surface area contributed by atoms with Gasteiger partial charge in [0.2, 0.25) is 5.91 Å². The molecular formula is C19H24N4O2S. The smallest absolute Gasteiger partial charge is 0.271 e. The first-order chi connectivity index (χ1) is 12.6. The number of thiazole rings is 1. The number of amides is 2. The van der Waals surface area contributed by atoms with Crippen LogP contribution in [-0.4, -0.2) is 46.9 Å². The number of benzene rings is 1. The SMILES string of the molecule is CCNC(=O)[C@@H]1C[C@H](NC(=O)c2csc(C)n2)CN1Cc1ccccc1. The van der Waals surface area contributed by atoms with Gasteiger partial charge in [-0.1, -0.05) is 30.3 Å². The second-order valence-corrected chi connectivity index (χ2v) is 7.55. The third-order valence-corrected chi connectivity index (χ3v) is 5.25. The number of carbonyl (C=O) groups is 2. The molecule has 1 aromatic carbocycles. The lowest BCUT2D eigenvalue weighted by Crippen LogP contribution is -2.42. The molecule has 2 N–H and O–H groups in total. The van der Waals surface area contributed by atoms with Gasteiger partial charge in [-0.3, -0.25) is 14.5 Å². The molecule has 2 atom stereocenters. The lowest BCUT2D eigenvalue weighted by molar-refractivity contribution is -0.125. The van der Waals surface area contributed by atoms with Crippen LogP contribution in [0.25, 0.3) is 0 Å². The number of carbonyl (C=O) groups excluding carboxylic acids is 2. The Bertz CT molecular complexity index is 762. The van der Waals surface area contributed by atoms with Gasteiger partial charge in [0.25, 0.3) is 5.91 Å². The van der Waals surface area contributed by atoms with Crippen LogP contribution in [0.5, 0.6) is 0 Å². The summed E-state index contributed by atoms with van der Waals surface area (Å²) in [5.41, 5.74) is 1.60. The van der Waals surface area contributed by atoms with Crippen molar-refractivity contribution in [3.8, 4) is 0 Å². The minimum absolute atomic E-state index is 0.0182. The maximum Gasteiger partial charge on any atom is 0.271 e. The molecule has 6 nitrogen and oxygen atoms in total. The van der Waals surface area contributed by atoms with E-state index in [-0.39, 0.29) is 23.9 Å². The third kappa shape index (κ3) is 4.47. The number of likely N-dealkylation sites (tertiary alicyclic amines) is 1. The first-order valence-electron chi connectivity index (χ1n) is 8.85. The van der Waals surface area contributed by atoms with Crippen molar-refractivity contribution in [2.45, 2.75) is 38.9 Å². The van der Waals surface area contributed by atoms with E-state index in [9.17, 15) is 9.59 Å². The highest BCUT2D eigenvalue weighted by atomic mass is 32.1. The summed E-state index contributed by atoms with van der Waals surface area (Å²) in [7, 11) is 0. The lowest BCUT2D eigenvalue weighted by Gasteiger charge is -2.23. The van der Waals surface area contributed by atoms with E-state index < -0.39 is 0 Å². The summed E-state index contributed by atoms with van der Waals surface area (Å²) in [5, 5.41) is 8.58. The number of nitrogens with one attached hydrogen (secondary N) is 2. The second-order valence-electron chi connectivity index (χ2n) is 6.48. The zero-order chi connectivity index (χ0) is 18.5. The third-order valence-electron chi connectivity index (χ3n) is 4.47. The van der Waals surface area contributed by atoms with Crippen molar-refractivity contribution in [2.75, 3.05) is 13.1 Å².